The minimum absolute atomic E-state index is 0.161. The molecule has 0 N–H and O–H groups in total. The van der Waals surface area contributed by atoms with Crippen molar-refractivity contribution in [2.75, 3.05) is 31.3 Å². The van der Waals surface area contributed by atoms with Crippen LogP contribution in [0.4, 0.5) is 8.78 Å². The second-order valence-corrected chi connectivity index (χ2v) is 12.6. The van der Waals surface area contributed by atoms with E-state index in [1.165, 1.54) is 11.5 Å². The largest absolute Gasteiger partial charge is 0.353 e. The van der Waals surface area contributed by atoms with Crippen LogP contribution in [0.2, 0.25) is 0 Å². The average Bonchev–Trinajstić information content (AvgIpc) is 3.58. The van der Waals surface area contributed by atoms with Crippen LogP contribution in [0.25, 0.3) is 0 Å². The van der Waals surface area contributed by atoms with E-state index >= 15 is 8.78 Å². The fourth-order valence-corrected chi connectivity index (χ4v) is 8.39. The number of halogens is 2. The minimum Gasteiger partial charge on any atom is -0.353 e. The van der Waals surface area contributed by atoms with E-state index in [9.17, 15) is 0 Å². The Morgan fingerprint density at radius 1 is 1.09 bits per heavy atom. The van der Waals surface area contributed by atoms with Crippen molar-refractivity contribution in [2.45, 2.75) is 99.8 Å². The maximum Gasteiger partial charge on any atom is 0.277 e. The summed E-state index contributed by atoms with van der Waals surface area (Å²) in [5.74, 6) is -0.631. The number of allylic oxidation sites excluding steroid dienone is 1. The first kappa shape index (κ1) is 26.2. The molecule has 1 spiro atoms. The Morgan fingerprint density at radius 3 is 2.58 bits per heavy atom. The van der Waals surface area contributed by atoms with Gasteiger partial charge in [-0.25, -0.2) is 8.78 Å². The maximum atomic E-state index is 15.2. The number of hydrogen-bond acceptors (Lipinski definition) is 6. The highest BCUT2D eigenvalue weighted by Gasteiger charge is 2.52. The maximum absolute atomic E-state index is 15.2. The summed E-state index contributed by atoms with van der Waals surface area (Å²) in [6.07, 6.45) is 9.37. The van der Waals surface area contributed by atoms with Crippen molar-refractivity contribution in [1.82, 2.24) is 0 Å². The van der Waals surface area contributed by atoms with Gasteiger partial charge < -0.3 is 18.9 Å². The van der Waals surface area contributed by atoms with Gasteiger partial charge in [-0.3, -0.25) is 0 Å². The predicted molar refractivity (Wildman–Crippen MR) is 131 cm³/mol. The second kappa shape index (κ2) is 12.4. The highest BCUT2D eigenvalue weighted by atomic mass is 32.2. The number of thioether (sulfide) groups is 2. The molecule has 3 saturated heterocycles. The van der Waals surface area contributed by atoms with E-state index in [-0.39, 0.29) is 18.3 Å². The van der Waals surface area contributed by atoms with Crippen molar-refractivity contribution < 1.29 is 27.7 Å². The minimum atomic E-state index is -2.91. The Morgan fingerprint density at radius 2 is 1.88 bits per heavy atom. The summed E-state index contributed by atoms with van der Waals surface area (Å²) in [6.45, 7) is 3.78. The number of hydrogen-bond donors (Lipinski definition) is 0. The summed E-state index contributed by atoms with van der Waals surface area (Å²) < 4.78 is 54.7. The molecule has 1 aliphatic carbocycles. The van der Waals surface area contributed by atoms with Crippen molar-refractivity contribution in [2.24, 2.45) is 11.8 Å². The standard InChI is InChI=1S/C25H40F2O4S2/c1-2-3-12-24(26,27)21(31-22-6-4-5-14-28-22)9-7-19-11-13-25(29-15-16-30-25)20(19)8-10-23-32-17-18-33-23/h7,9,19-23H,2-6,8,10-18H2,1H3/b9-7+. The first-order valence-corrected chi connectivity index (χ1v) is 15.0. The van der Waals surface area contributed by atoms with Gasteiger partial charge in [0.25, 0.3) is 5.92 Å². The third-order valence-corrected chi connectivity index (χ3v) is 10.5. The molecule has 4 fully saturated rings. The first-order chi connectivity index (χ1) is 16.0. The van der Waals surface area contributed by atoms with Crippen molar-refractivity contribution in [3.05, 3.63) is 12.2 Å². The zero-order valence-electron chi connectivity index (χ0n) is 19.9. The summed E-state index contributed by atoms with van der Waals surface area (Å²) in [7, 11) is 0. The quantitative estimate of drug-likeness (QED) is 0.293. The van der Waals surface area contributed by atoms with Crippen LogP contribution in [0.15, 0.2) is 12.2 Å². The molecule has 190 valence electrons. The fourth-order valence-electron chi connectivity index (χ4n) is 5.53. The van der Waals surface area contributed by atoms with Gasteiger partial charge in [-0.15, -0.1) is 23.5 Å². The molecule has 1 saturated carbocycles. The lowest BCUT2D eigenvalue weighted by Gasteiger charge is -2.33. The third-order valence-electron chi connectivity index (χ3n) is 7.34. The van der Waals surface area contributed by atoms with Crippen LogP contribution in [-0.2, 0) is 18.9 Å². The zero-order valence-corrected chi connectivity index (χ0v) is 21.5. The van der Waals surface area contributed by atoms with Crippen LogP contribution in [0.3, 0.4) is 0 Å². The monoisotopic (exact) mass is 506 g/mol. The topological polar surface area (TPSA) is 36.9 Å². The van der Waals surface area contributed by atoms with E-state index in [1.54, 1.807) is 6.08 Å². The molecule has 0 radical (unpaired) electrons. The lowest BCUT2D eigenvalue weighted by molar-refractivity contribution is -0.226. The van der Waals surface area contributed by atoms with Crippen LogP contribution in [0, 0.1) is 11.8 Å². The molecule has 0 bridgehead atoms. The Hall–Kier alpha value is 0.140. The van der Waals surface area contributed by atoms with Crippen LogP contribution >= 0.6 is 23.5 Å². The van der Waals surface area contributed by atoms with Gasteiger partial charge >= 0.3 is 0 Å². The summed E-state index contributed by atoms with van der Waals surface area (Å²) in [5, 5.41) is 0. The summed E-state index contributed by atoms with van der Waals surface area (Å²) in [6, 6.07) is 0. The van der Waals surface area contributed by atoms with Crippen molar-refractivity contribution in [3.8, 4) is 0 Å². The Balaban J connectivity index is 1.45. The molecule has 3 heterocycles. The molecule has 0 aromatic carbocycles. The summed E-state index contributed by atoms with van der Waals surface area (Å²) in [5.41, 5.74) is 0. The number of unbranched alkanes of at least 4 members (excludes halogenated alkanes) is 1. The molecular formula is C25H40F2O4S2. The van der Waals surface area contributed by atoms with Crippen molar-refractivity contribution in [3.63, 3.8) is 0 Å². The Labute approximate surface area is 206 Å². The average molecular weight is 507 g/mol. The fraction of sp³-hybridized carbons (Fsp3) is 0.920. The van der Waals surface area contributed by atoms with Crippen LogP contribution < -0.4 is 0 Å². The van der Waals surface area contributed by atoms with Gasteiger partial charge in [-0.1, -0.05) is 25.5 Å². The van der Waals surface area contributed by atoms with E-state index in [4.69, 9.17) is 18.9 Å². The SMILES string of the molecule is CCCCC(F)(F)C(/C=C/C1CCC2(OCCO2)C1CCC1SCCS1)OC1CCCCO1. The van der Waals surface area contributed by atoms with Gasteiger partial charge in [0, 0.05) is 36.9 Å². The summed E-state index contributed by atoms with van der Waals surface area (Å²) >= 11 is 4.07. The van der Waals surface area contributed by atoms with E-state index in [1.807, 2.05) is 36.5 Å². The van der Waals surface area contributed by atoms with Crippen LogP contribution in [-0.4, -0.2) is 60.0 Å². The Bertz CT molecular complexity index is 618. The third kappa shape index (κ3) is 6.88. The molecule has 0 amide bonds. The Kier molecular flexibility index (Phi) is 9.85. The molecule has 3 aliphatic heterocycles. The molecular weight excluding hydrogens is 466 g/mol. The molecule has 8 heteroatoms. The van der Waals surface area contributed by atoms with Gasteiger partial charge in [0.1, 0.15) is 6.10 Å². The van der Waals surface area contributed by atoms with Gasteiger partial charge in [0.15, 0.2) is 12.1 Å². The molecule has 0 aromatic heterocycles. The second-order valence-electron chi connectivity index (χ2n) is 9.67. The molecule has 4 rings (SSSR count). The predicted octanol–water partition coefficient (Wildman–Crippen LogP) is 6.64. The highest BCUT2D eigenvalue weighted by molar-refractivity contribution is 8.20. The van der Waals surface area contributed by atoms with E-state index in [0.717, 1.165) is 44.9 Å². The van der Waals surface area contributed by atoms with Gasteiger partial charge in [-0.2, -0.15) is 0 Å². The van der Waals surface area contributed by atoms with E-state index in [2.05, 4.69) is 0 Å². The summed E-state index contributed by atoms with van der Waals surface area (Å²) in [4.78, 5) is 0. The van der Waals surface area contributed by atoms with Crippen LogP contribution in [0.5, 0.6) is 0 Å². The van der Waals surface area contributed by atoms with Crippen molar-refractivity contribution in [1.29, 1.82) is 0 Å². The lowest BCUT2D eigenvalue weighted by atomic mass is 9.87. The molecule has 4 unspecified atom stereocenters. The molecule has 4 atom stereocenters. The molecule has 4 nitrogen and oxygen atoms in total. The van der Waals surface area contributed by atoms with Crippen molar-refractivity contribution >= 4 is 23.5 Å². The highest BCUT2D eigenvalue weighted by Crippen LogP contribution is 2.50. The number of ether oxygens (including phenoxy) is 4. The van der Waals surface area contributed by atoms with Gasteiger partial charge in [-0.05, 0) is 50.9 Å². The molecule has 4 aliphatic rings. The smallest absolute Gasteiger partial charge is 0.277 e. The van der Waals surface area contributed by atoms with Gasteiger partial charge in [0.2, 0.25) is 0 Å². The molecule has 0 aromatic rings. The molecule has 33 heavy (non-hydrogen) atoms. The van der Waals surface area contributed by atoms with E-state index in [0.29, 0.717) is 37.2 Å². The van der Waals surface area contributed by atoms with E-state index < -0.39 is 24.1 Å². The lowest BCUT2D eigenvalue weighted by Crippen LogP contribution is -2.39. The first-order valence-electron chi connectivity index (χ1n) is 12.9. The zero-order chi connectivity index (χ0) is 23.2. The number of alkyl halides is 2. The number of rotatable bonds is 11. The van der Waals surface area contributed by atoms with Crippen LogP contribution in [0.1, 0.15) is 71.1 Å². The van der Waals surface area contributed by atoms with Gasteiger partial charge in [0.05, 0.1) is 17.8 Å². The normalized spacial score (nSPS) is 31.8.